The molecule has 5 heterocycles. The van der Waals surface area contributed by atoms with Crippen molar-refractivity contribution < 1.29 is 57.9 Å². The Morgan fingerprint density at radius 3 is 0.838 bits per heavy atom. The van der Waals surface area contributed by atoms with E-state index in [1.54, 1.807) is 67.1 Å². The predicted molar refractivity (Wildman–Crippen MR) is 585 cm³/mol. The number of para-hydroxylation sites is 5. The van der Waals surface area contributed by atoms with Gasteiger partial charge in [-0.1, -0.05) is 230 Å². The van der Waals surface area contributed by atoms with E-state index in [1.165, 1.54) is 58.8 Å². The number of aliphatic imine (C=N–C) groups is 5. The molecule has 22 nitrogen and oxygen atoms in total. The summed E-state index contributed by atoms with van der Waals surface area (Å²) in [5.74, 6) is 2.63. The molecule has 27 heteroatoms. The summed E-state index contributed by atoms with van der Waals surface area (Å²) < 4.78 is 26.0. The molecule has 0 saturated carbocycles. The number of carbonyl (C=O) groups excluding carboxylic acids is 5. The molecular formula is C115H98N10O12S5. The van der Waals surface area contributed by atoms with Crippen LogP contribution in [0.25, 0.3) is 30.4 Å². The number of aliphatic hydroxyl groups is 2. The SMILES string of the molecule is CN=C1S/C(=C\c2ccc(OC)cc2)C(=O)N1c1ccccc1.COCc1cccc(/C=C2\SC(=NCc3ccccc3)N(c3ccccc3)C2=O)c1.COc1ccc(/C=C2\SC(=Nc3ccc(OC)cc3)N(c3ccccc3)C2=O)cc1.COc1ccc(N=C2S/C(=C\c3ccc(CO)cc3)C(=O)N2c2ccccc2)cc1.Cc1ccc(N=C2S/C(=C\c3ccc(CO)cc3)C(=O)N2c2ccccc2)cc1. The van der Waals surface area contributed by atoms with Gasteiger partial charge in [-0.05, 0) is 298 Å². The molecule has 0 aromatic heterocycles. The first-order chi connectivity index (χ1) is 69.4. The first-order valence-corrected chi connectivity index (χ1v) is 48.9. The maximum atomic E-state index is 13.3. The average molecular weight is 1970 g/mol. The van der Waals surface area contributed by atoms with Crippen LogP contribution in [0.15, 0.2) is 426 Å². The van der Waals surface area contributed by atoms with Crippen LogP contribution in [0.5, 0.6) is 23.0 Å². The van der Waals surface area contributed by atoms with Gasteiger partial charge >= 0.3 is 0 Å². The second kappa shape index (κ2) is 50.2. The van der Waals surface area contributed by atoms with Gasteiger partial charge in [0.25, 0.3) is 29.5 Å². The Morgan fingerprint density at radius 2 is 0.535 bits per heavy atom. The van der Waals surface area contributed by atoms with Crippen molar-refractivity contribution in [2.45, 2.75) is 33.3 Å². The van der Waals surface area contributed by atoms with Crippen LogP contribution in [-0.2, 0) is 55.1 Å². The van der Waals surface area contributed by atoms with Crippen LogP contribution in [-0.4, -0.2) is 108 Å². The van der Waals surface area contributed by atoms with Gasteiger partial charge in [0.2, 0.25) is 0 Å². The molecule has 5 saturated heterocycles. The molecule has 19 rings (SSSR count). The molecule has 710 valence electrons. The molecule has 0 aliphatic carbocycles. The summed E-state index contributed by atoms with van der Waals surface area (Å²) in [5, 5.41) is 21.6. The number of benzene rings is 14. The highest BCUT2D eigenvalue weighted by molar-refractivity contribution is 8.20. The third-order valence-corrected chi connectivity index (χ3v) is 26.7. The van der Waals surface area contributed by atoms with Crippen LogP contribution < -0.4 is 43.4 Å². The summed E-state index contributed by atoms with van der Waals surface area (Å²) in [6.45, 7) is 3.09. The second-order valence-corrected chi connectivity index (χ2v) is 36.5. The molecule has 2 N–H and O–H groups in total. The summed E-state index contributed by atoms with van der Waals surface area (Å²) in [4.78, 5) is 100. The number of aliphatic hydroxyl groups excluding tert-OH is 2. The highest BCUT2D eigenvalue weighted by Crippen LogP contribution is 2.44. The lowest BCUT2D eigenvalue weighted by Crippen LogP contribution is -2.28. The van der Waals surface area contributed by atoms with Gasteiger partial charge in [0.15, 0.2) is 25.8 Å². The molecule has 5 aliphatic heterocycles. The Hall–Kier alpha value is -15.7. The third-order valence-electron chi connectivity index (χ3n) is 21.7. The number of rotatable bonds is 23. The van der Waals surface area contributed by atoms with E-state index in [1.807, 2.05) is 413 Å². The maximum absolute atomic E-state index is 13.3. The van der Waals surface area contributed by atoms with Crippen LogP contribution in [0.3, 0.4) is 0 Å². The Kier molecular flexibility index (Phi) is 35.6. The van der Waals surface area contributed by atoms with Gasteiger partial charge in [-0.25, -0.2) is 15.0 Å². The van der Waals surface area contributed by atoms with E-state index in [-0.39, 0.29) is 42.7 Å². The van der Waals surface area contributed by atoms with Gasteiger partial charge in [0, 0.05) is 14.2 Å². The van der Waals surface area contributed by atoms with Gasteiger partial charge in [0.05, 0.1) is 125 Å². The zero-order chi connectivity index (χ0) is 99.1. The van der Waals surface area contributed by atoms with Crippen LogP contribution in [0.4, 0.5) is 45.5 Å². The molecule has 0 atom stereocenters. The van der Waals surface area contributed by atoms with Crippen molar-refractivity contribution in [3.63, 3.8) is 0 Å². The van der Waals surface area contributed by atoms with Gasteiger partial charge < -0.3 is 33.9 Å². The molecule has 0 radical (unpaired) electrons. The number of carbonyl (C=O) groups is 5. The minimum absolute atomic E-state index is 0.000325. The van der Waals surface area contributed by atoms with Crippen molar-refractivity contribution in [3.8, 4) is 23.0 Å². The number of nitrogens with zero attached hydrogens (tertiary/aromatic N) is 10. The Balaban J connectivity index is 0.000000134. The summed E-state index contributed by atoms with van der Waals surface area (Å²) in [7, 11) is 9.87. The van der Waals surface area contributed by atoms with E-state index in [0.717, 1.165) is 124 Å². The molecule has 5 fully saturated rings. The van der Waals surface area contributed by atoms with Crippen molar-refractivity contribution in [2.75, 3.05) is 67.1 Å². The van der Waals surface area contributed by atoms with Crippen LogP contribution >= 0.6 is 58.8 Å². The lowest BCUT2D eigenvalue weighted by molar-refractivity contribution is -0.114. The topological polar surface area (TPSA) is 250 Å². The van der Waals surface area contributed by atoms with E-state index in [0.29, 0.717) is 63.5 Å². The number of ether oxygens (including phenoxy) is 5. The molecule has 14 aromatic rings. The van der Waals surface area contributed by atoms with Crippen molar-refractivity contribution in [1.82, 2.24) is 0 Å². The lowest BCUT2D eigenvalue weighted by Gasteiger charge is -2.15. The zero-order valence-electron chi connectivity index (χ0n) is 78.5. The van der Waals surface area contributed by atoms with Gasteiger partial charge in [-0.2, -0.15) is 0 Å². The first-order valence-electron chi connectivity index (χ1n) is 44.8. The number of thioether (sulfide) groups is 5. The molecule has 14 aromatic carbocycles. The number of amides is 5. The number of hydrogen-bond donors (Lipinski definition) is 2. The highest BCUT2D eigenvalue weighted by Gasteiger charge is 2.40. The molecule has 142 heavy (non-hydrogen) atoms. The van der Waals surface area contributed by atoms with Crippen molar-refractivity contribution >= 4 is 190 Å². The minimum atomic E-state index is -0.121. The van der Waals surface area contributed by atoms with Gasteiger partial charge in [-0.15, -0.1) is 0 Å². The molecule has 0 bridgehead atoms. The average Bonchev–Trinajstić information content (AvgIpc) is 1.60. The fourth-order valence-electron chi connectivity index (χ4n) is 14.4. The number of methoxy groups -OCH3 is 5. The second-order valence-electron chi connectivity index (χ2n) is 31.5. The molecule has 0 unspecified atom stereocenters. The van der Waals surface area contributed by atoms with Crippen molar-refractivity contribution in [3.05, 3.63) is 456 Å². The lowest BCUT2D eigenvalue weighted by atomic mass is 10.1. The molecule has 5 aliphatic rings. The Bertz CT molecular complexity index is 6890. The van der Waals surface area contributed by atoms with Gasteiger partial charge in [-0.3, -0.25) is 58.5 Å². The maximum Gasteiger partial charge on any atom is 0.271 e. The summed E-state index contributed by atoms with van der Waals surface area (Å²) in [5.41, 5.74) is 15.9. The summed E-state index contributed by atoms with van der Waals surface area (Å²) in [6, 6.07) is 119. The fourth-order valence-corrected chi connectivity index (χ4v) is 19.3. The molecule has 5 amide bonds. The number of amidine groups is 5. The minimum Gasteiger partial charge on any atom is -0.497 e. The van der Waals surface area contributed by atoms with Crippen molar-refractivity contribution in [2.24, 2.45) is 25.0 Å². The van der Waals surface area contributed by atoms with E-state index in [2.05, 4.69) is 4.99 Å². The number of hydrogen-bond acceptors (Lipinski definition) is 22. The quantitative estimate of drug-likeness (QED) is 0.0565. The Labute approximate surface area is 846 Å². The summed E-state index contributed by atoms with van der Waals surface area (Å²) in [6.07, 6.45) is 9.38. The first kappa shape index (κ1) is 101. The summed E-state index contributed by atoms with van der Waals surface area (Å²) >= 11 is 6.85. The highest BCUT2D eigenvalue weighted by atomic mass is 32.2. The van der Waals surface area contributed by atoms with E-state index in [4.69, 9.17) is 43.7 Å². The zero-order valence-corrected chi connectivity index (χ0v) is 82.6. The van der Waals surface area contributed by atoms with E-state index >= 15 is 0 Å². The molecule has 0 spiro atoms. The van der Waals surface area contributed by atoms with E-state index in [9.17, 15) is 34.2 Å². The monoisotopic (exact) mass is 1970 g/mol. The molecular weight excluding hydrogens is 1870 g/mol. The number of anilines is 5. The smallest absolute Gasteiger partial charge is 0.271 e. The van der Waals surface area contributed by atoms with Gasteiger partial charge in [0.1, 0.15) is 23.0 Å². The van der Waals surface area contributed by atoms with Crippen molar-refractivity contribution in [1.29, 1.82) is 0 Å². The largest absolute Gasteiger partial charge is 0.497 e. The van der Waals surface area contributed by atoms with Crippen LogP contribution in [0.1, 0.15) is 55.6 Å². The van der Waals surface area contributed by atoms with Crippen LogP contribution in [0, 0.1) is 6.92 Å². The Morgan fingerprint density at radius 1 is 0.275 bits per heavy atom. The van der Waals surface area contributed by atoms with E-state index < -0.39 is 0 Å². The normalized spacial score (nSPS) is 16.8. The fraction of sp³-hybridized carbons (Fsp3) is 0.0957. The standard InChI is InChI=1S/C25H22N2O2S.2C24H20N2O3S.C24H20N2O2S.C18H16N2O2S/c1-29-18-21-12-8-11-20(15-21)16-23-24(28)27(22-13-6-3-7-14-22)25(30-23)26-17-19-9-4-2-5-10-19;1-28-20-12-8-17(9-13-20)16-22-23(27)26(19-6-4-3-5-7-19)24(30-22)25-18-10-14-21(29-2)15-11-18;1-29-21-13-11-19(12-14-21)25-24-26(20-5-3-2-4-6-20)23(28)22(30-24)15-17-7-9-18(16-27)10-8-17;1-17-7-13-20(14-8-17)25-24-26(21-5-3-2-4-6-21)23(28)22(29-24)15-18-9-11-19(16-27)12-10-18;1-19-18-20(14-6-4-3-5-7-14)17(21)16(23-18)12-13-8-10-15(22-2)11-9-13/h2-16H,17-18H2,1H3;3-16H,1-2H3;2-15,27H,16H2,1H3;2-15,27H,16H2,1H3;3-12H,1-2H3/b23-16-,26-25?;22-16-,25-24?;2*22-15-,25-24?;16-12-,19-18?. The predicted octanol–water partition coefficient (Wildman–Crippen LogP) is 25.1. The number of aryl methyl sites for hydroxylation is 1. The third kappa shape index (κ3) is 26.7. The van der Waals surface area contributed by atoms with Crippen LogP contribution in [0.2, 0.25) is 0 Å².